The summed E-state index contributed by atoms with van der Waals surface area (Å²) in [5.74, 6) is 1.09. The van der Waals surface area contributed by atoms with Gasteiger partial charge in [0.25, 0.3) is 0 Å². The highest BCUT2D eigenvalue weighted by Gasteiger charge is 2.51. The third-order valence-corrected chi connectivity index (χ3v) is 7.11. The molecule has 1 amide bonds. The van der Waals surface area contributed by atoms with Gasteiger partial charge in [-0.25, -0.2) is 0 Å². The summed E-state index contributed by atoms with van der Waals surface area (Å²) in [7, 11) is 0. The van der Waals surface area contributed by atoms with E-state index in [2.05, 4.69) is 15.1 Å². The number of amides is 1. The summed E-state index contributed by atoms with van der Waals surface area (Å²) in [5, 5.41) is 3.54. The van der Waals surface area contributed by atoms with E-state index in [0.717, 1.165) is 38.6 Å². The van der Waals surface area contributed by atoms with Gasteiger partial charge in [0.05, 0.1) is 5.41 Å². The minimum Gasteiger partial charge on any atom is -0.342 e. The molecule has 0 aromatic carbocycles. The number of rotatable bonds is 2. The molecule has 3 heterocycles. The van der Waals surface area contributed by atoms with Crippen LogP contribution < -0.4 is 5.32 Å². The molecule has 0 bridgehead atoms. The standard InChI is InChI=1S/C19H33N3O.2ClH/c23-18(19-9-2-1-6-16(19)14-20-15-19)22-12-5-7-17(8-13-22)21-10-3-4-11-21;;/h16-17,20H,1-15H2;2*1H/t16-,17?,19+;;/m0../s1. The van der Waals surface area contributed by atoms with Crippen LogP contribution in [0.5, 0.6) is 0 Å². The second-order valence-corrected chi connectivity index (χ2v) is 8.35. The Kier molecular flexibility index (Phi) is 7.87. The second kappa shape index (κ2) is 9.25. The molecule has 1 N–H and O–H groups in total. The zero-order chi connectivity index (χ0) is 15.7. The van der Waals surface area contributed by atoms with E-state index in [1.807, 2.05) is 0 Å². The first-order valence-electron chi connectivity index (χ1n) is 10.0. The molecule has 3 atom stereocenters. The maximum atomic E-state index is 13.4. The number of fused-ring (bicyclic) bond motifs is 1. The molecule has 4 fully saturated rings. The third-order valence-electron chi connectivity index (χ3n) is 7.11. The molecule has 0 aromatic rings. The highest BCUT2D eigenvalue weighted by atomic mass is 35.5. The van der Waals surface area contributed by atoms with E-state index in [4.69, 9.17) is 0 Å². The second-order valence-electron chi connectivity index (χ2n) is 8.35. The lowest BCUT2D eigenvalue weighted by molar-refractivity contribution is -0.145. The molecule has 1 aliphatic carbocycles. The van der Waals surface area contributed by atoms with Gasteiger partial charge in [-0.15, -0.1) is 24.8 Å². The van der Waals surface area contributed by atoms with Crippen LogP contribution in [0.1, 0.15) is 57.8 Å². The number of carbonyl (C=O) groups excluding carboxylic acids is 1. The van der Waals surface area contributed by atoms with Crippen molar-refractivity contribution in [3.8, 4) is 0 Å². The van der Waals surface area contributed by atoms with Crippen LogP contribution in [0.15, 0.2) is 0 Å². The minimum atomic E-state index is -0.0499. The first-order valence-corrected chi connectivity index (χ1v) is 10.0. The molecule has 1 saturated carbocycles. The number of hydrogen-bond donors (Lipinski definition) is 1. The van der Waals surface area contributed by atoms with Crippen molar-refractivity contribution in [2.45, 2.75) is 63.8 Å². The highest BCUT2D eigenvalue weighted by molar-refractivity contribution is 5.85. The SMILES string of the molecule is Cl.Cl.O=C(N1CCCC(N2CCCC2)CC1)[C@@]12CCCC[C@H]1CNC2. The number of nitrogens with zero attached hydrogens (tertiary/aromatic N) is 2. The molecule has 1 unspecified atom stereocenters. The predicted octanol–water partition coefficient (Wildman–Crippen LogP) is 3.09. The van der Waals surface area contributed by atoms with Crippen LogP contribution in [0.3, 0.4) is 0 Å². The van der Waals surface area contributed by atoms with Crippen molar-refractivity contribution < 1.29 is 4.79 Å². The van der Waals surface area contributed by atoms with Crippen LogP contribution in [0.25, 0.3) is 0 Å². The number of likely N-dealkylation sites (tertiary alicyclic amines) is 2. The Labute approximate surface area is 165 Å². The van der Waals surface area contributed by atoms with Crippen molar-refractivity contribution in [3.63, 3.8) is 0 Å². The van der Waals surface area contributed by atoms with Gasteiger partial charge < -0.3 is 15.1 Å². The van der Waals surface area contributed by atoms with Crippen molar-refractivity contribution in [1.29, 1.82) is 0 Å². The van der Waals surface area contributed by atoms with Crippen molar-refractivity contribution in [3.05, 3.63) is 0 Å². The largest absolute Gasteiger partial charge is 0.342 e. The molecule has 0 aromatic heterocycles. The van der Waals surface area contributed by atoms with Crippen LogP contribution in [-0.4, -0.2) is 61.0 Å². The summed E-state index contributed by atoms with van der Waals surface area (Å²) in [6.07, 6.45) is 11.4. The molecule has 0 radical (unpaired) electrons. The molecule has 4 nitrogen and oxygen atoms in total. The Morgan fingerprint density at radius 2 is 1.68 bits per heavy atom. The lowest BCUT2D eigenvalue weighted by Crippen LogP contribution is -2.50. The molecule has 3 aliphatic heterocycles. The van der Waals surface area contributed by atoms with E-state index in [1.165, 1.54) is 64.5 Å². The van der Waals surface area contributed by atoms with Crippen molar-refractivity contribution >= 4 is 30.7 Å². The van der Waals surface area contributed by atoms with Gasteiger partial charge in [-0.2, -0.15) is 0 Å². The average molecular weight is 392 g/mol. The summed E-state index contributed by atoms with van der Waals surface area (Å²) in [6.45, 7) is 6.56. The van der Waals surface area contributed by atoms with Crippen molar-refractivity contribution in [2.75, 3.05) is 39.3 Å². The summed E-state index contributed by atoms with van der Waals surface area (Å²) in [6, 6.07) is 0.733. The summed E-state index contributed by atoms with van der Waals surface area (Å²) in [4.78, 5) is 18.3. The van der Waals surface area contributed by atoms with Crippen LogP contribution in [0.4, 0.5) is 0 Å². The van der Waals surface area contributed by atoms with Crippen molar-refractivity contribution in [1.82, 2.24) is 15.1 Å². The molecule has 146 valence electrons. The molecule has 3 saturated heterocycles. The van der Waals surface area contributed by atoms with E-state index in [9.17, 15) is 4.79 Å². The van der Waals surface area contributed by atoms with Crippen molar-refractivity contribution in [2.24, 2.45) is 11.3 Å². The summed E-state index contributed by atoms with van der Waals surface area (Å²) in [5.41, 5.74) is -0.0499. The number of halogens is 2. The first-order chi connectivity index (χ1) is 11.3. The molecule has 4 rings (SSSR count). The Hall–Kier alpha value is -0.0300. The molecule has 6 heteroatoms. The van der Waals surface area contributed by atoms with Gasteiger partial charge in [-0.3, -0.25) is 4.79 Å². The predicted molar refractivity (Wildman–Crippen MR) is 107 cm³/mol. The quantitative estimate of drug-likeness (QED) is 0.785. The summed E-state index contributed by atoms with van der Waals surface area (Å²) >= 11 is 0. The number of hydrogen-bond acceptors (Lipinski definition) is 3. The van der Waals surface area contributed by atoms with Crippen LogP contribution >= 0.6 is 24.8 Å². The minimum absolute atomic E-state index is 0. The maximum Gasteiger partial charge on any atom is 0.230 e. The number of nitrogens with one attached hydrogen (secondary N) is 1. The van der Waals surface area contributed by atoms with E-state index in [-0.39, 0.29) is 30.2 Å². The lowest BCUT2D eigenvalue weighted by Gasteiger charge is -2.40. The van der Waals surface area contributed by atoms with Crippen LogP contribution in [0, 0.1) is 11.3 Å². The van der Waals surface area contributed by atoms with E-state index < -0.39 is 0 Å². The fourth-order valence-electron chi connectivity index (χ4n) is 5.74. The Morgan fingerprint density at radius 3 is 2.48 bits per heavy atom. The average Bonchev–Trinajstić information content (AvgIpc) is 3.20. The van der Waals surface area contributed by atoms with Gasteiger partial charge in [0.2, 0.25) is 5.91 Å². The van der Waals surface area contributed by atoms with Gasteiger partial charge in [0.1, 0.15) is 0 Å². The van der Waals surface area contributed by atoms with E-state index in [0.29, 0.717) is 11.8 Å². The van der Waals surface area contributed by atoms with Crippen LogP contribution in [-0.2, 0) is 4.79 Å². The first kappa shape index (κ1) is 21.3. The molecule has 25 heavy (non-hydrogen) atoms. The van der Waals surface area contributed by atoms with E-state index >= 15 is 0 Å². The zero-order valence-electron chi connectivity index (χ0n) is 15.4. The lowest BCUT2D eigenvalue weighted by atomic mass is 9.67. The molecule has 0 spiro atoms. The van der Waals surface area contributed by atoms with Gasteiger partial charge >= 0.3 is 0 Å². The van der Waals surface area contributed by atoms with E-state index in [1.54, 1.807) is 0 Å². The topological polar surface area (TPSA) is 35.6 Å². The monoisotopic (exact) mass is 391 g/mol. The summed E-state index contributed by atoms with van der Waals surface area (Å²) < 4.78 is 0. The third kappa shape index (κ3) is 4.12. The fraction of sp³-hybridized carbons (Fsp3) is 0.947. The van der Waals surface area contributed by atoms with Gasteiger partial charge in [-0.05, 0) is 70.5 Å². The highest BCUT2D eigenvalue weighted by Crippen LogP contribution is 2.45. The Balaban J connectivity index is 0.00000113. The molecular formula is C19H35Cl2N3O. The van der Waals surface area contributed by atoms with Gasteiger partial charge in [0.15, 0.2) is 0 Å². The smallest absolute Gasteiger partial charge is 0.230 e. The Bertz CT molecular complexity index is 444. The van der Waals surface area contributed by atoms with Gasteiger partial charge in [-0.1, -0.05) is 12.8 Å². The normalized spacial score (nSPS) is 36.1. The maximum absolute atomic E-state index is 13.4. The number of carbonyl (C=O) groups is 1. The zero-order valence-corrected chi connectivity index (χ0v) is 17.0. The molecular weight excluding hydrogens is 357 g/mol. The molecule has 4 aliphatic rings. The van der Waals surface area contributed by atoms with Crippen LogP contribution in [0.2, 0.25) is 0 Å². The Morgan fingerprint density at radius 1 is 0.880 bits per heavy atom. The van der Waals surface area contributed by atoms with Gasteiger partial charge in [0, 0.05) is 25.7 Å². The fourth-order valence-corrected chi connectivity index (χ4v) is 5.74.